The van der Waals surface area contributed by atoms with Gasteiger partial charge in [-0.3, -0.25) is 0 Å². The van der Waals surface area contributed by atoms with E-state index >= 15 is 0 Å². The standard InChI is InChI=1S/C12H14O4/c1-7-5-8(2)16-11-6-9(12(13)14)3-4-10(11)15-7/h3-4,6-8H,5H2,1-2H3,(H,13,14). The Morgan fingerprint density at radius 2 is 1.88 bits per heavy atom. The third-order valence-corrected chi connectivity index (χ3v) is 2.51. The first kappa shape index (κ1) is 10.8. The summed E-state index contributed by atoms with van der Waals surface area (Å²) < 4.78 is 11.3. The van der Waals surface area contributed by atoms with Crippen LogP contribution in [0.3, 0.4) is 0 Å². The number of rotatable bonds is 1. The van der Waals surface area contributed by atoms with Crippen molar-refractivity contribution in [1.29, 1.82) is 0 Å². The molecule has 1 aromatic rings. The maximum absolute atomic E-state index is 10.8. The SMILES string of the molecule is CC1CC(C)Oc2cc(C(=O)O)ccc2O1. The van der Waals surface area contributed by atoms with Crippen molar-refractivity contribution in [2.75, 3.05) is 0 Å². The Balaban J connectivity index is 2.38. The molecule has 0 saturated heterocycles. The molecule has 1 aliphatic rings. The van der Waals surface area contributed by atoms with Crippen LogP contribution in [0.1, 0.15) is 30.6 Å². The molecule has 0 spiro atoms. The third kappa shape index (κ3) is 2.10. The summed E-state index contributed by atoms with van der Waals surface area (Å²) in [5.74, 6) is 0.162. The molecule has 0 bridgehead atoms. The number of benzene rings is 1. The molecule has 2 unspecified atom stereocenters. The second kappa shape index (κ2) is 4.04. The second-order valence-corrected chi connectivity index (χ2v) is 4.06. The van der Waals surface area contributed by atoms with Crippen LogP contribution in [0, 0.1) is 0 Å². The summed E-state index contributed by atoms with van der Waals surface area (Å²) in [4.78, 5) is 10.8. The van der Waals surface area contributed by atoms with Crippen molar-refractivity contribution in [3.05, 3.63) is 23.8 Å². The molecule has 4 heteroatoms. The molecule has 1 aromatic carbocycles. The third-order valence-electron chi connectivity index (χ3n) is 2.51. The minimum absolute atomic E-state index is 0.0281. The van der Waals surface area contributed by atoms with Gasteiger partial charge in [-0.2, -0.15) is 0 Å². The first-order chi connectivity index (χ1) is 7.56. The predicted molar refractivity (Wildman–Crippen MR) is 58.2 cm³/mol. The number of hydrogen-bond acceptors (Lipinski definition) is 3. The van der Waals surface area contributed by atoms with Gasteiger partial charge in [-0.05, 0) is 32.0 Å². The van der Waals surface area contributed by atoms with E-state index in [4.69, 9.17) is 14.6 Å². The van der Waals surface area contributed by atoms with Crippen LogP contribution in [0.5, 0.6) is 11.5 Å². The summed E-state index contributed by atoms with van der Waals surface area (Å²) in [6.07, 6.45) is 0.893. The van der Waals surface area contributed by atoms with E-state index in [1.165, 1.54) is 12.1 Å². The van der Waals surface area contributed by atoms with Crippen molar-refractivity contribution in [2.45, 2.75) is 32.5 Å². The molecule has 16 heavy (non-hydrogen) atoms. The van der Waals surface area contributed by atoms with Gasteiger partial charge in [0.15, 0.2) is 11.5 Å². The highest BCUT2D eigenvalue weighted by atomic mass is 16.5. The first-order valence-corrected chi connectivity index (χ1v) is 5.27. The fraction of sp³-hybridized carbons (Fsp3) is 0.417. The Morgan fingerprint density at radius 1 is 1.25 bits per heavy atom. The predicted octanol–water partition coefficient (Wildman–Crippen LogP) is 2.32. The monoisotopic (exact) mass is 222 g/mol. The topological polar surface area (TPSA) is 55.8 Å². The van der Waals surface area contributed by atoms with E-state index in [0.29, 0.717) is 11.5 Å². The van der Waals surface area contributed by atoms with Gasteiger partial charge in [0.05, 0.1) is 17.8 Å². The van der Waals surface area contributed by atoms with Crippen LogP contribution in [-0.4, -0.2) is 23.3 Å². The van der Waals surface area contributed by atoms with E-state index in [0.717, 1.165) is 6.42 Å². The molecule has 4 nitrogen and oxygen atoms in total. The average Bonchev–Trinajstić information content (AvgIpc) is 2.32. The fourth-order valence-electron chi connectivity index (χ4n) is 1.83. The molecule has 1 heterocycles. The van der Waals surface area contributed by atoms with Gasteiger partial charge in [0.1, 0.15) is 0 Å². The van der Waals surface area contributed by atoms with Gasteiger partial charge in [0, 0.05) is 6.42 Å². The number of ether oxygens (including phenoxy) is 2. The van der Waals surface area contributed by atoms with Crippen LogP contribution < -0.4 is 9.47 Å². The number of hydrogen-bond donors (Lipinski definition) is 1. The summed E-state index contributed by atoms with van der Waals surface area (Å²) in [6.45, 7) is 3.92. The van der Waals surface area contributed by atoms with Gasteiger partial charge < -0.3 is 14.6 Å². The number of aromatic carboxylic acids is 1. The smallest absolute Gasteiger partial charge is 0.335 e. The van der Waals surface area contributed by atoms with Crippen LogP contribution >= 0.6 is 0 Å². The Morgan fingerprint density at radius 3 is 2.50 bits per heavy atom. The van der Waals surface area contributed by atoms with Crippen LogP contribution in [0.15, 0.2) is 18.2 Å². The zero-order valence-electron chi connectivity index (χ0n) is 9.27. The highest BCUT2D eigenvalue weighted by Gasteiger charge is 2.21. The number of fused-ring (bicyclic) bond motifs is 1. The first-order valence-electron chi connectivity index (χ1n) is 5.27. The summed E-state index contributed by atoms with van der Waals surface area (Å²) in [7, 11) is 0. The number of carboxylic acid groups (broad SMARTS) is 1. The molecule has 86 valence electrons. The minimum atomic E-state index is -0.962. The van der Waals surface area contributed by atoms with E-state index in [-0.39, 0.29) is 17.8 Å². The van der Waals surface area contributed by atoms with E-state index in [2.05, 4.69) is 0 Å². The van der Waals surface area contributed by atoms with Gasteiger partial charge >= 0.3 is 5.97 Å². The summed E-state index contributed by atoms with van der Waals surface area (Å²) in [5.41, 5.74) is 0.212. The fourth-order valence-corrected chi connectivity index (χ4v) is 1.83. The van der Waals surface area contributed by atoms with Crippen molar-refractivity contribution < 1.29 is 19.4 Å². The average molecular weight is 222 g/mol. The van der Waals surface area contributed by atoms with E-state index in [1.807, 2.05) is 13.8 Å². The molecule has 0 amide bonds. The Kier molecular flexibility index (Phi) is 2.73. The highest BCUT2D eigenvalue weighted by Crippen LogP contribution is 2.33. The van der Waals surface area contributed by atoms with Crippen LogP contribution in [-0.2, 0) is 0 Å². The lowest BCUT2D eigenvalue weighted by molar-refractivity contribution is 0.0696. The van der Waals surface area contributed by atoms with Crippen LogP contribution in [0.2, 0.25) is 0 Å². The molecular weight excluding hydrogens is 208 g/mol. The maximum Gasteiger partial charge on any atom is 0.335 e. The van der Waals surface area contributed by atoms with Crippen molar-refractivity contribution in [2.24, 2.45) is 0 Å². The molecule has 0 aromatic heterocycles. The quantitative estimate of drug-likeness (QED) is 0.792. The highest BCUT2D eigenvalue weighted by molar-refractivity contribution is 5.88. The van der Waals surface area contributed by atoms with Crippen LogP contribution in [0.25, 0.3) is 0 Å². The zero-order valence-corrected chi connectivity index (χ0v) is 9.27. The van der Waals surface area contributed by atoms with Gasteiger partial charge in [0.2, 0.25) is 0 Å². The molecule has 2 atom stereocenters. The van der Waals surface area contributed by atoms with Gasteiger partial charge in [-0.1, -0.05) is 0 Å². The minimum Gasteiger partial charge on any atom is -0.487 e. The molecule has 1 N–H and O–H groups in total. The lowest BCUT2D eigenvalue weighted by atomic mass is 10.2. The van der Waals surface area contributed by atoms with E-state index < -0.39 is 5.97 Å². The number of carbonyl (C=O) groups is 1. The molecule has 0 aliphatic carbocycles. The summed E-state index contributed by atoms with van der Waals surface area (Å²) >= 11 is 0. The van der Waals surface area contributed by atoms with Gasteiger partial charge in [0.25, 0.3) is 0 Å². The van der Waals surface area contributed by atoms with Crippen molar-refractivity contribution >= 4 is 5.97 Å². The molecule has 2 rings (SSSR count). The van der Waals surface area contributed by atoms with Gasteiger partial charge in [-0.15, -0.1) is 0 Å². The largest absolute Gasteiger partial charge is 0.487 e. The molecule has 1 aliphatic heterocycles. The van der Waals surface area contributed by atoms with Crippen molar-refractivity contribution in [3.63, 3.8) is 0 Å². The molecular formula is C12H14O4. The van der Waals surface area contributed by atoms with Crippen molar-refractivity contribution in [3.8, 4) is 11.5 Å². The van der Waals surface area contributed by atoms with Crippen molar-refractivity contribution in [1.82, 2.24) is 0 Å². The molecule has 0 radical (unpaired) electrons. The summed E-state index contributed by atoms with van der Waals surface area (Å²) in [6, 6.07) is 4.67. The Labute approximate surface area is 93.8 Å². The zero-order chi connectivity index (χ0) is 11.7. The maximum atomic E-state index is 10.8. The van der Waals surface area contributed by atoms with E-state index in [9.17, 15) is 4.79 Å². The number of carboxylic acids is 1. The Hall–Kier alpha value is -1.71. The Bertz CT molecular complexity index is 413. The lowest BCUT2D eigenvalue weighted by Gasteiger charge is -2.11. The molecule has 0 fully saturated rings. The normalized spacial score (nSPS) is 23.6. The van der Waals surface area contributed by atoms with Gasteiger partial charge in [-0.25, -0.2) is 4.79 Å². The van der Waals surface area contributed by atoms with Crippen LogP contribution in [0.4, 0.5) is 0 Å². The summed E-state index contributed by atoms with van der Waals surface area (Å²) in [5, 5.41) is 8.88. The second-order valence-electron chi connectivity index (χ2n) is 4.06. The van der Waals surface area contributed by atoms with E-state index in [1.54, 1.807) is 6.07 Å². The molecule has 0 saturated carbocycles. The lowest BCUT2D eigenvalue weighted by Crippen LogP contribution is -2.18.